The molecule has 0 saturated carbocycles. The van der Waals surface area contributed by atoms with Crippen LogP contribution in [0.2, 0.25) is 0 Å². The van der Waals surface area contributed by atoms with Gasteiger partial charge >= 0.3 is 0 Å². The lowest BCUT2D eigenvalue weighted by atomic mass is 10.1. The van der Waals surface area contributed by atoms with E-state index in [1.807, 2.05) is 24.3 Å². The number of benzene rings is 1. The molecule has 3 nitrogen and oxygen atoms in total. The molecule has 1 rings (SSSR count). The van der Waals surface area contributed by atoms with E-state index in [0.717, 1.165) is 11.1 Å². The molecular formula is C13H18O3. The van der Waals surface area contributed by atoms with E-state index in [4.69, 9.17) is 14.9 Å². The number of hydrogen-bond acceptors (Lipinski definition) is 3. The third-order valence-electron chi connectivity index (χ3n) is 2.36. The number of aliphatic hydroxyl groups excluding tert-OH is 2. The monoisotopic (exact) mass is 222 g/mol. The van der Waals surface area contributed by atoms with Crippen molar-refractivity contribution in [2.24, 2.45) is 0 Å². The van der Waals surface area contributed by atoms with Crippen LogP contribution < -0.4 is 0 Å². The van der Waals surface area contributed by atoms with Crippen LogP contribution in [0.3, 0.4) is 0 Å². The molecule has 0 aliphatic rings. The molecule has 0 bridgehead atoms. The van der Waals surface area contributed by atoms with Crippen LogP contribution in [-0.4, -0.2) is 29.5 Å². The minimum Gasteiger partial charge on any atom is -0.396 e. The molecule has 0 amide bonds. The van der Waals surface area contributed by atoms with Gasteiger partial charge in [-0.15, -0.1) is 0 Å². The highest BCUT2D eigenvalue weighted by molar-refractivity contribution is 5.47. The van der Waals surface area contributed by atoms with Crippen molar-refractivity contribution in [2.45, 2.75) is 19.1 Å². The van der Waals surface area contributed by atoms with Crippen LogP contribution >= 0.6 is 0 Å². The highest BCUT2D eigenvalue weighted by Crippen LogP contribution is 2.08. The molecule has 3 heteroatoms. The molecule has 1 unspecified atom stereocenters. The van der Waals surface area contributed by atoms with E-state index in [-0.39, 0.29) is 19.3 Å². The Labute approximate surface area is 96.0 Å². The lowest BCUT2D eigenvalue weighted by Crippen LogP contribution is -2.18. The summed E-state index contributed by atoms with van der Waals surface area (Å²) >= 11 is 0. The fraction of sp³-hybridized carbons (Fsp3) is 0.385. The van der Waals surface area contributed by atoms with Crippen LogP contribution in [0.4, 0.5) is 0 Å². The van der Waals surface area contributed by atoms with Crippen molar-refractivity contribution < 1.29 is 14.9 Å². The summed E-state index contributed by atoms with van der Waals surface area (Å²) in [5.41, 5.74) is 2.11. The second-order valence-corrected chi connectivity index (χ2v) is 3.57. The van der Waals surface area contributed by atoms with Crippen molar-refractivity contribution in [3.63, 3.8) is 0 Å². The van der Waals surface area contributed by atoms with E-state index in [2.05, 4.69) is 6.58 Å². The zero-order valence-corrected chi connectivity index (χ0v) is 9.30. The van der Waals surface area contributed by atoms with Gasteiger partial charge in [-0.2, -0.15) is 0 Å². The van der Waals surface area contributed by atoms with Crippen molar-refractivity contribution in [3.8, 4) is 0 Å². The van der Waals surface area contributed by atoms with Gasteiger partial charge in [-0.1, -0.05) is 36.9 Å². The van der Waals surface area contributed by atoms with E-state index in [1.165, 1.54) is 0 Å². The molecule has 1 aromatic rings. The van der Waals surface area contributed by atoms with E-state index in [9.17, 15) is 0 Å². The maximum Gasteiger partial charge on any atom is 0.0832 e. The topological polar surface area (TPSA) is 49.7 Å². The van der Waals surface area contributed by atoms with E-state index >= 15 is 0 Å². The summed E-state index contributed by atoms with van der Waals surface area (Å²) in [7, 11) is 0. The molecule has 88 valence electrons. The Kier molecular flexibility index (Phi) is 5.78. The zero-order chi connectivity index (χ0) is 11.8. The molecule has 0 aromatic heterocycles. The molecule has 0 radical (unpaired) electrons. The van der Waals surface area contributed by atoms with Gasteiger partial charge in [0.1, 0.15) is 0 Å². The SMILES string of the molecule is C=Cc1ccc(COC(CO)CCO)cc1. The van der Waals surface area contributed by atoms with Crippen LogP contribution in [0, 0.1) is 0 Å². The van der Waals surface area contributed by atoms with Crippen molar-refractivity contribution in [3.05, 3.63) is 42.0 Å². The Balaban J connectivity index is 2.43. The van der Waals surface area contributed by atoms with Crippen molar-refractivity contribution in [1.29, 1.82) is 0 Å². The number of ether oxygens (including phenoxy) is 1. The molecule has 1 atom stereocenters. The number of rotatable bonds is 7. The molecule has 0 spiro atoms. The van der Waals surface area contributed by atoms with Crippen LogP contribution in [0.25, 0.3) is 6.08 Å². The van der Waals surface area contributed by atoms with Gasteiger partial charge in [-0.3, -0.25) is 0 Å². The summed E-state index contributed by atoms with van der Waals surface area (Å²) in [5, 5.41) is 17.7. The maximum absolute atomic E-state index is 8.97. The smallest absolute Gasteiger partial charge is 0.0832 e. The van der Waals surface area contributed by atoms with Gasteiger partial charge in [0.05, 0.1) is 19.3 Å². The van der Waals surface area contributed by atoms with Gasteiger partial charge in [0.25, 0.3) is 0 Å². The summed E-state index contributed by atoms with van der Waals surface area (Å²) < 4.78 is 5.46. The van der Waals surface area contributed by atoms with Crippen molar-refractivity contribution in [1.82, 2.24) is 0 Å². The first-order chi connectivity index (χ1) is 7.80. The predicted octanol–water partition coefficient (Wildman–Crippen LogP) is 1.59. The molecule has 16 heavy (non-hydrogen) atoms. The first-order valence-electron chi connectivity index (χ1n) is 5.35. The maximum atomic E-state index is 8.97. The molecule has 0 aliphatic heterocycles. The Morgan fingerprint density at radius 1 is 1.25 bits per heavy atom. The van der Waals surface area contributed by atoms with Crippen molar-refractivity contribution >= 4 is 6.08 Å². The van der Waals surface area contributed by atoms with Crippen LogP contribution in [-0.2, 0) is 11.3 Å². The van der Waals surface area contributed by atoms with Gasteiger partial charge in [0.15, 0.2) is 0 Å². The quantitative estimate of drug-likeness (QED) is 0.736. The van der Waals surface area contributed by atoms with Crippen LogP contribution in [0.1, 0.15) is 17.5 Å². The Morgan fingerprint density at radius 3 is 2.44 bits per heavy atom. The summed E-state index contributed by atoms with van der Waals surface area (Å²) in [6.45, 7) is 4.09. The standard InChI is InChI=1S/C13H18O3/c1-2-11-3-5-12(6-4-11)10-16-13(9-15)7-8-14/h2-6,13-15H,1,7-10H2. The Morgan fingerprint density at radius 2 is 1.94 bits per heavy atom. The zero-order valence-electron chi connectivity index (χ0n) is 9.30. The molecule has 2 N–H and O–H groups in total. The lowest BCUT2D eigenvalue weighted by molar-refractivity contribution is -0.0104. The van der Waals surface area contributed by atoms with Gasteiger partial charge in [-0.25, -0.2) is 0 Å². The van der Waals surface area contributed by atoms with Gasteiger partial charge in [0, 0.05) is 6.61 Å². The van der Waals surface area contributed by atoms with Gasteiger partial charge in [-0.05, 0) is 17.5 Å². The average Bonchev–Trinajstić information content (AvgIpc) is 2.35. The molecule has 0 heterocycles. The summed E-state index contributed by atoms with van der Waals surface area (Å²) in [4.78, 5) is 0. The van der Waals surface area contributed by atoms with Gasteiger partial charge in [0.2, 0.25) is 0 Å². The van der Waals surface area contributed by atoms with E-state index in [1.54, 1.807) is 6.08 Å². The minimum atomic E-state index is -0.288. The predicted molar refractivity (Wildman–Crippen MR) is 63.9 cm³/mol. The highest BCUT2D eigenvalue weighted by Gasteiger charge is 2.06. The highest BCUT2D eigenvalue weighted by atomic mass is 16.5. The molecule has 0 aliphatic carbocycles. The van der Waals surface area contributed by atoms with Crippen LogP contribution in [0.5, 0.6) is 0 Å². The largest absolute Gasteiger partial charge is 0.396 e. The van der Waals surface area contributed by atoms with E-state index < -0.39 is 0 Å². The van der Waals surface area contributed by atoms with E-state index in [0.29, 0.717) is 13.0 Å². The molecule has 0 saturated heterocycles. The number of hydrogen-bond donors (Lipinski definition) is 2. The Bertz CT molecular complexity index is 305. The Hall–Kier alpha value is -1.16. The first-order valence-corrected chi connectivity index (χ1v) is 5.35. The molecule has 0 fully saturated rings. The average molecular weight is 222 g/mol. The fourth-order valence-corrected chi connectivity index (χ4v) is 1.34. The second kappa shape index (κ2) is 7.17. The molecular weight excluding hydrogens is 204 g/mol. The summed E-state index contributed by atoms with van der Waals surface area (Å²) in [6.07, 6.45) is 1.96. The molecule has 1 aromatic carbocycles. The minimum absolute atomic E-state index is 0.0284. The third-order valence-corrected chi connectivity index (χ3v) is 2.36. The van der Waals surface area contributed by atoms with Crippen molar-refractivity contribution in [2.75, 3.05) is 13.2 Å². The van der Waals surface area contributed by atoms with Gasteiger partial charge < -0.3 is 14.9 Å². The normalized spacial score (nSPS) is 12.4. The number of aliphatic hydroxyl groups is 2. The summed E-state index contributed by atoms with van der Waals surface area (Å²) in [5.74, 6) is 0. The first kappa shape index (κ1) is 12.9. The summed E-state index contributed by atoms with van der Waals surface area (Å²) in [6, 6.07) is 7.85. The fourth-order valence-electron chi connectivity index (χ4n) is 1.34. The second-order valence-electron chi connectivity index (χ2n) is 3.57. The van der Waals surface area contributed by atoms with Crippen LogP contribution in [0.15, 0.2) is 30.8 Å². The third kappa shape index (κ3) is 4.14. The lowest BCUT2D eigenvalue weighted by Gasteiger charge is -2.14.